The Balaban J connectivity index is 0.00000117. The lowest BCUT2D eigenvalue weighted by Crippen LogP contribution is -2.43. The number of nitrogens with one attached hydrogen (secondary N) is 3. The monoisotopic (exact) mass is 479 g/mol. The van der Waals surface area contributed by atoms with Crippen molar-refractivity contribution in [3.05, 3.63) is 51.7 Å². The topological polar surface area (TPSA) is 42.6 Å². The van der Waals surface area contributed by atoms with Gasteiger partial charge in [-0.1, -0.05) is 26.0 Å². The Kier molecular flexibility index (Phi) is 7.19. The van der Waals surface area contributed by atoms with Gasteiger partial charge in [0.15, 0.2) is 0 Å². The van der Waals surface area contributed by atoms with Crippen LogP contribution in [0.15, 0.2) is 36.4 Å². The van der Waals surface area contributed by atoms with Gasteiger partial charge in [0.2, 0.25) is 0 Å². The third kappa shape index (κ3) is 4.73. The zero-order valence-electron chi connectivity index (χ0n) is 21.1. The molecule has 2 unspecified atom stereocenters. The molecule has 6 rings (SSSR count). The van der Waals surface area contributed by atoms with Gasteiger partial charge in [-0.3, -0.25) is 0 Å². The average Bonchev–Trinajstić information content (AvgIpc) is 3.48. The lowest BCUT2D eigenvalue weighted by molar-refractivity contribution is 0.221. The lowest BCUT2D eigenvalue weighted by Gasteiger charge is -2.35. The van der Waals surface area contributed by atoms with Crippen LogP contribution < -0.4 is 20.9 Å². The molecule has 2 aromatic rings. The Bertz CT molecular complexity index is 983. The average molecular weight is 480 g/mol. The van der Waals surface area contributed by atoms with Crippen molar-refractivity contribution < 1.29 is 0 Å². The molecular formula is C28H41N5S. The first kappa shape index (κ1) is 23.7. The minimum Gasteiger partial charge on any atom is -0.373 e. The van der Waals surface area contributed by atoms with E-state index >= 15 is 0 Å². The third-order valence-electron chi connectivity index (χ3n) is 7.80. The third-order valence-corrected chi connectivity index (χ3v) is 8.87. The summed E-state index contributed by atoms with van der Waals surface area (Å²) in [7, 11) is 0. The van der Waals surface area contributed by atoms with Gasteiger partial charge in [-0.15, -0.1) is 11.3 Å². The van der Waals surface area contributed by atoms with E-state index in [0.717, 1.165) is 26.2 Å². The van der Waals surface area contributed by atoms with E-state index in [0.29, 0.717) is 5.41 Å². The largest absolute Gasteiger partial charge is 0.373 e. The van der Waals surface area contributed by atoms with Gasteiger partial charge in [-0.05, 0) is 62.6 Å². The van der Waals surface area contributed by atoms with E-state index in [9.17, 15) is 0 Å². The molecule has 0 aliphatic carbocycles. The van der Waals surface area contributed by atoms with Gasteiger partial charge >= 0.3 is 0 Å². The molecule has 4 aliphatic rings. The van der Waals surface area contributed by atoms with E-state index < -0.39 is 0 Å². The standard InChI is InChI=1S/C26H35N5S.C2H6/c1-19-15-23-25(32-19)24(31-12-8-26(18-31)7-2-9-28-17-26)16-22(29-23)20-3-5-21(6-4-20)30-13-10-27-11-14-30;1-2/h3-6,15-16,22,27-29H,2,7-14,17-18H2,1H3;1-2H3. The van der Waals surface area contributed by atoms with Crippen LogP contribution in [0.3, 0.4) is 0 Å². The molecule has 34 heavy (non-hydrogen) atoms. The molecule has 1 spiro atoms. The number of benzene rings is 1. The zero-order valence-corrected chi connectivity index (χ0v) is 21.9. The van der Waals surface area contributed by atoms with Crippen molar-refractivity contribution in [3.63, 3.8) is 0 Å². The van der Waals surface area contributed by atoms with Gasteiger partial charge in [-0.25, -0.2) is 0 Å². The van der Waals surface area contributed by atoms with E-state index in [2.05, 4.69) is 69.1 Å². The second kappa shape index (κ2) is 10.3. The number of hydrogen-bond donors (Lipinski definition) is 3. The van der Waals surface area contributed by atoms with Gasteiger partial charge in [-0.2, -0.15) is 0 Å². The molecule has 1 aromatic heterocycles. The number of aryl methyl sites for hydroxylation is 1. The maximum absolute atomic E-state index is 3.83. The van der Waals surface area contributed by atoms with Crippen LogP contribution in [0.4, 0.5) is 11.4 Å². The van der Waals surface area contributed by atoms with Crippen molar-refractivity contribution in [2.24, 2.45) is 5.41 Å². The van der Waals surface area contributed by atoms with Gasteiger partial charge in [0, 0.05) is 61.8 Å². The Hall–Kier alpha value is -2.02. The molecule has 5 nitrogen and oxygen atoms in total. The van der Waals surface area contributed by atoms with Crippen LogP contribution in [0.1, 0.15) is 54.5 Å². The highest BCUT2D eigenvalue weighted by atomic mass is 32.1. The Morgan fingerprint density at radius 2 is 1.74 bits per heavy atom. The molecule has 3 saturated heterocycles. The number of rotatable bonds is 3. The second-order valence-electron chi connectivity index (χ2n) is 10.1. The van der Waals surface area contributed by atoms with Crippen molar-refractivity contribution in [2.45, 2.75) is 46.1 Å². The first-order chi connectivity index (χ1) is 16.7. The summed E-state index contributed by atoms with van der Waals surface area (Å²) in [6.45, 7) is 15.3. The molecule has 2 atom stereocenters. The van der Waals surface area contributed by atoms with Crippen LogP contribution in [0.2, 0.25) is 0 Å². The first-order valence-electron chi connectivity index (χ1n) is 13.3. The molecule has 1 aromatic carbocycles. The maximum Gasteiger partial charge on any atom is 0.0736 e. The van der Waals surface area contributed by atoms with Crippen LogP contribution in [0.25, 0.3) is 5.70 Å². The molecular weight excluding hydrogens is 438 g/mol. The molecule has 4 aliphatic heterocycles. The Morgan fingerprint density at radius 1 is 0.941 bits per heavy atom. The van der Waals surface area contributed by atoms with E-state index in [1.165, 1.54) is 77.8 Å². The highest BCUT2D eigenvalue weighted by Crippen LogP contribution is 2.46. The number of fused-ring (bicyclic) bond motifs is 1. The molecule has 3 fully saturated rings. The number of piperazine rings is 1. The van der Waals surface area contributed by atoms with Crippen molar-refractivity contribution in [1.82, 2.24) is 15.5 Å². The van der Waals surface area contributed by atoms with Crippen LogP contribution >= 0.6 is 11.3 Å². The van der Waals surface area contributed by atoms with E-state index in [1.807, 2.05) is 25.2 Å². The summed E-state index contributed by atoms with van der Waals surface area (Å²) in [6.07, 6.45) is 6.50. The van der Waals surface area contributed by atoms with Gasteiger partial charge < -0.3 is 25.8 Å². The van der Waals surface area contributed by atoms with Crippen molar-refractivity contribution >= 4 is 28.4 Å². The SMILES string of the molecule is CC.Cc1cc2c(s1)C(N1CCC3(CCCNC3)C1)=CC(c1ccc(N3CCNCC3)cc1)N2. The highest BCUT2D eigenvalue weighted by Gasteiger charge is 2.41. The van der Waals surface area contributed by atoms with Gasteiger partial charge in [0.05, 0.1) is 22.3 Å². The number of hydrogen-bond acceptors (Lipinski definition) is 6. The van der Waals surface area contributed by atoms with E-state index in [4.69, 9.17) is 0 Å². The molecule has 0 amide bonds. The maximum atomic E-state index is 3.83. The molecule has 0 radical (unpaired) electrons. The predicted octanol–water partition coefficient (Wildman–Crippen LogP) is 5.08. The zero-order chi connectivity index (χ0) is 23.5. The molecule has 5 heterocycles. The smallest absolute Gasteiger partial charge is 0.0736 e. The summed E-state index contributed by atoms with van der Waals surface area (Å²) >= 11 is 1.94. The van der Waals surface area contributed by atoms with Crippen LogP contribution in [-0.2, 0) is 0 Å². The number of thiophene rings is 1. The van der Waals surface area contributed by atoms with Gasteiger partial charge in [0.25, 0.3) is 0 Å². The minimum atomic E-state index is 0.226. The Morgan fingerprint density at radius 3 is 2.47 bits per heavy atom. The summed E-state index contributed by atoms with van der Waals surface area (Å²) < 4.78 is 0. The van der Waals surface area contributed by atoms with Crippen molar-refractivity contribution in [1.29, 1.82) is 0 Å². The number of nitrogens with zero attached hydrogens (tertiary/aromatic N) is 2. The molecule has 184 valence electrons. The van der Waals surface area contributed by atoms with Crippen molar-refractivity contribution in [2.75, 3.05) is 62.6 Å². The van der Waals surface area contributed by atoms with Crippen LogP contribution in [0.5, 0.6) is 0 Å². The van der Waals surface area contributed by atoms with Crippen LogP contribution in [0, 0.1) is 12.3 Å². The minimum absolute atomic E-state index is 0.226. The van der Waals surface area contributed by atoms with Crippen molar-refractivity contribution in [3.8, 4) is 0 Å². The normalized spacial score (nSPS) is 26.4. The highest BCUT2D eigenvalue weighted by molar-refractivity contribution is 7.13. The number of piperidine rings is 1. The van der Waals surface area contributed by atoms with Crippen LogP contribution in [-0.4, -0.2) is 57.3 Å². The number of anilines is 2. The van der Waals surface area contributed by atoms with E-state index in [1.54, 1.807) is 0 Å². The summed E-state index contributed by atoms with van der Waals surface area (Å²) in [5.41, 5.74) is 5.92. The summed E-state index contributed by atoms with van der Waals surface area (Å²) in [5.74, 6) is 0. The fraction of sp³-hybridized carbons (Fsp3) is 0.571. The first-order valence-corrected chi connectivity index (χ1v) is 14.1. The van der Waals surface area contributed by atoms with E-state index in [-0.39, 0.29) is 6.04 Å². The molecule has 6 heteroatoms. The summed E-state index contributed by atoms with van der Waals surface area (Å²) in [4.78, 5) is 7.98. The summed E-state index contributed by atoms with van der Waals surface area (Å²) in [6, 6.07) is 11.8. The Labute approximate surface area is 209 Å². The molecule has 0 saturated carbocycles. The molecule has 3 N–H and O–H groups in total. The predicted molar refractivity (Wildman–Crippen MR) is 147 cm³/mol. The van der Waals surface area contributed by atoms with Gasteiger partial charge in [0.1, 0.15) is 0 Å². The number of likely N-dealkylation sites (tertiary alicyclic amines) is 1. The second-order valence-corrected chi connectivity index (χ2v) is 11.3. The fourth-order valence-corrected chi connectivity index (χ4v) is 7.05. The lowest BCUT2D eigenvalue weighted by atomic mass is 9.80. The summed E-state index contributed by atoms with van der Waals surface area (Å²) in [5, 5.41) is 10.9. The quantitative estimate of drug-likeness (QED) is 0.573. The fourth-order valence-electron chi connectivity index (χ4n) is 6.02. The molecule has 0 bridgehead atoms.